The molecular formula is C17H15NO3. The summed E-state index contributed by atoms with van der Waals surface area (Å²) in [6.07, 6.45) is 1.86. The van der Waals surface area contributed by atoms with Crippen LogP contribution in [-0.2, 0) is 6.61 Å². The molecule has 0 saturated carbocycles. The highest BCUT2D eigenvalue weighted by Crippen LogP contribution is 2.29. The van der Waals surface area contributed by atoms with Crippen LogP contribution >= 0.6 is 0 Å². The minimum Gasteiger partial charge on any atom is -0.488 e. The Kier molecular flexibility index (Phi) is 3.36. The van der Waals surface area contributed by atoms with Gasteiger partial charge in [0.2, 0.25) is 0 Å². The first-order valence-corrected chi connectivity index (χ1v) is 6.67. The number of H-pyrrole nitrogens is 1. The van der Waals surface area contributed by atoms with Crippen molar-refractivity contribution in [3.05, 3.63) is 65.4 Å². The molecule has 21 heavy (non-hydrogen) atoms. The fourth-order valence-corrected chi connectivity index (χ4v) is 2.41. The van der Waals surface area contributed by atoms with Crippen molar-refractivity contribution in [2.75, 3.05) is 0 Å². The van der Waals surface area contributed by atoms with Crippen molar-refractivity contribution in [3.63, 3.8) is 0 Å². The molecule has 0 atom stereocenters. The van der Waals surface area contributed by atoms with Crippen molar-refractivity contribution in [2.45, 2.75) is 13.5 Å². The summed E-state index contributed by atoms with van der Waals surface area (Å²) in [4.78, 5) is 14.4. The van der Waals surface area contributed by atoms with E-state index in [-0.39, 0.29) is 12.2 Å². The Morgan fingerprint density at radius 2 is 2.00 bits per heavy atom. The molecule has 0 amide bonds. The van der Waals surface area contributed by atoms with E-state index in [1.807, 2.05) is 37.4 Å². The predicted octanol–water partition coefficient (Wildman–Crippen LogP) is 3.75. The van der Waals surface area contributed by atoms with Gasteiger partial charge in [-0.2, -0.15) is 0 Å². The van der Waals surface area contributed by atoms with Crippen LogP contribution in [0.4, 0.5) is 0 Å². The van der Waals surface area contributed by atoms with E-state index in [2.05, 4.69) is 4.98 Å². The van der Waals surface area contributed by atoms with Gasteiger partial charge in [-0.05, 0) is 30.7 Å². The number of hydrogen-bond donors (Lipinski definition) is 2. The maximum atomic E-state index is 11.2. The number of aromatic nitrogens is 1. The number of fused-ring (bicyclic) bond motifs is 1. The molecular weight excluding hydrogens is 266 g/mol. The maximum absolute atomic E-state index is 11.2. The average molecular weight is 281 g/mol. The normalized spacial score (nSPS) is 10.7. The lowest BCUT2D eigenvalue weighted by molar-refractivity contribution is 0.0694. The Hall–Kier alpha value is -2.75. The third-order valence-corrected chi connectivity index (χ3v) is 3.50. The van der Waals surface area contributed by atoms with Gasteiger partial charge in [-0.25, -0.2) is 4.79 Å². The van der Waals surface area contributed by atoms with Crippen molar-refractivity contribution < 1.29 is 14.6 Å². The highest BCUT2D eigenvalue weighted by Gasteiger charge is 2.11. The number of nitrogens with one attached hydrogen (secondary N) is 1. The average Bonchev–Trinajstić information content (AvgIpc) is 2.95. The Bertz CT molecular complexity index is 805. The molecule has 0 aliphatic carbocycles. The first-order chi connectivity index (χ1) is 10.2. The highest BCUT2D eigenvalue weighted by atomic mass is 16.5. The molecule has 0 aliphatic rings. The zero-order chi connectivity index (χ0) is 14.8. The van der Waals surface area contributed by atoms with Crippen LogP contribution in [-0.4, -0.2) is 16.1 Å². The molecule has 106 valence electrons. The number of carboxylic acid groups (broad SMARTS) is 1. The molecule has 1 heterocycles. The topological polar surface area (TPSA) is 62.3 Å². The van der Waals surface area contributed by atoms with Crippen LogP contribution in [0.5, 0.6) is 5.75 Å². The highest BCUT2D eigenvalue weighted by molar-refractivity contribution is 5.89. The third kappa shape index (κ3) is 2.48. The number of aromatic amines is 1. The van der Waals surface area contributed by atoms with Crippen LogP contribution in [0.3, 0.4) is 0 Å². The van der Waals surface area contributed by atoms with Crippen LogP contribution in [0.2, 0.25) is 0 Å². The largest absolute Gasteiger partial charge is 0.488 e. The van der Waals surface area contributed by atoms with Gasteiger partial charge in [0, 0.05) is 22.7 Å². The van der Waals surface area contributed by atoms with Gasteiger partial charge in [-0.1, -0.05) is 24.3 Å². The molecule has 3 rings (SSSR count). The monoisotopic (exact) mass is 281 g/mol. The molecule has 1 aromatic heterocycles. The van der Waals surface area contributed by atoms with E-state index < -0.39 is 5.97 Å². The van der Waals surface area contributed by atoms with Gasteiger partial charge in [0.15, 0.2) is 0 Å². The Balaban J connectivity index is 1.92. The van der Waals surface area contributed by atoms with E-state index >= 15 is 0 Å². The molecule has 0 spiro atoms. The maximum Gasteiger partial charge on any atom is 0.336 e. The van der Waals surface area contributed by atoms with Gasteiger partial charge in [0.1, 0.15) is 12.4 Å². The zero-order valence-electron chi connectivity index (χ0n) is 11.6. The van der Waals surface area contributed by atoms with E-state index in [9.17, 15) is 9.90 Å². The van der Waals surface area contributed by atoms with E-state index in [1.54, 1.807) is 18.2 Å². The summed E-state index contributed by atoms with van der Waals surface area (Å²) in [5.41, 5.74) is 2.96. The van der Waals surface area contributed by atoms with Gasteiger partial charge in [-0.3, -0.25) is 0 Å². The lowest BCUT2D eigenvalue weighted by atomic mass is 10.1. The molecule has 0 radical (unpaired) electrons. The van der Waals surface area contributed by atoms with Crippen LogP contribution in [0, 0.1) is 6.92 Å². The van der Waals surface area contributed by atoms with Crippen LogP contribution in [0.1, 0.15) is 21.5 Å². The van der Waals surface area contributed by atoms with Crippen molar-refractivity contribution >= 4 is 16.9 Å². The number of hydrogen-bond acceptors (Lipinski definition) is 2. The van der Waals surface area contributed by atoms with Gasteiger partial charge < -0.3 is 14.8 Å². The number of ether oxygens (including phenoxy) is 1. The fourth-order valence-electron chi connectivity index (χ4n) is 2.41. The number of aryl methyl sites for hydroxylation is 1. The van der Waals surface area contributed by atoms with E-state index in [0.29, 0.717) is 5.56 Å². The number of benzene rings is 2. The van der Waals surface area contributed by atoms with Gasteiger partial charge in [-0.15, -0.1) is 0 Å². The lowest BCUT2D eigenvalue weighted by Gasteiger charge is -2.12. The standard InChI is InChI=1S/C17H15NO3/c1-11-6-7-15-14(8-9-18-15)16(11)21-10-12-4-2-3-5-13(12)17(19)20/h2-9,18H,10H2,1H3,(H,19,20). The Labute approximate surface area is 122 Å². The summed E-state index contributed by atoms with van der Waals surface area (Å²) in [7, 11) is 0. The third-order valence-electron chi connectivity index (χ3n) is 3.50. The van der Waals surface area contributed by atoms with Crippen molar-refractivity contribution in [1.82, 2.24) is 4.98 Å². The molecule has 0 saturated heterocycles. The molecule has 4 nitrogen and oxygen atoms in total. The molecule has 4 heteroatoms. The van der Waals surface area contributed by atoms with Crippen molar-refractivity contribution in [2.24, 2.45) is 0 Å². The first kappa shape index (κ1) is 13.2. The molecule has 0 bridgehead atoms. The molecule has 2 N–H and O–H groups in total. The fraction of sp³-hybridized carbons (Fsp3) is 0.118. The summed E-state index contributed by atoms with van der Waals surface area (Å²) in [5.74, 6) is -0.153. The summed E-state index contributed by atoms with van der Waals surface area (Å²) in [5, 5.41) is 10.2. The summed E-state index contributed by atoms with van der Waals surface area (Å²) in [6.45, 7) is 2.21. The van der Waals surface area contributed by atoms with E-state index in [4.69, 9.17) is 4.74 Å². The summed E-state index contributed by atoms with van der Waals surface area (Å²) < 4.78 is 5.90. The Morgan fingerprint density at radius 1 is 1.19 bits per heavy atom. The van der Waals surface area contributed by atoms with E-state index in [0.717, 1.165) is 22.2 Å². The first-order valence-electron chi connectivity index (χ1n) is 6.67. The minimum absolute atomic E-state index is 0.230. The lowest BCUT2D eigenvalue weighted by Crippen LogP contribution is -2.05. The molecule has 3 aromatic rings. The Morgan fingerprint density at radius 3 is 2.81 bits per heavy atom. The summed E-state index contributed by atoms with van der Waals surface area (Å²) >= 11 is 0. The quantitative estimate of drug-likeness (QED) is 0.765. The second-order valence-electron chi connectivity index (χ2n) is 4.90. The van der Waals surface area contributed by atoms with Crippen LogP contribution in [0.15, 0.2) is 48.7 Å². The van der Waals surface area contributed by atoms with E-state index in [1.165, 1.54) is 0 Å². The van der Waals surface area contributed by atoms with Crippen molar-refractivity contribution in [3.8, 4) is 5.75 Å². The molecule has 0 unspecified atom stereocenters. The van der Waals surface area contributed by atoms with Crippen LogP contribution in [0.25, 0.3) is 10.9 Å². The smallest absolute Gasteiger partial charge is 0.336 e. The molecule has 0 fully saturated rings. The zero-order valence-corrected chi connectivity index (χ0v) is 11.6. The van der Waals surface area contributed by atoms with Crippen molar-refractivity contribution in [1.29, 1.82) is 0 Å². The number of carbonyl (C=O) groups is 1. The van der Waals surface area contributed by atoms with Gasteiger partial charge in [0.05, 0.1) is 5.56 Å². The number of carboxylic acids is 1. The SMILES string of the molecule is Cc1ccc2[nH]ccc2c1OCc1ccccc1C(=O)O. The summed E-state index contributed by atoms with van der Waals surface area (Å²) in [6, 6.07) is 12.8. The van der Waals surface area contributed by atoms with Gasteiger partial charge >= 0.3 is 5.97 Å². The minimum atomic E-state index is -0.939. The number of rotatable bonds is 4. The molecule has 0 aliphatic heterocycles. The second-order valence-corrected chi connectivity index (χ2v) is 4.90. The molecule has 2 aromatic carbocycles. The second kappa shape index (κ2) is 5.32. The van der Waals surface area contributed by atoms with Crippen LogP contribution < -0.4 is 4.74 Å². The number of aromatic carboxylic acids is 1. The predicted molar refractivity (Wildman–Crippen MR) is 80.8 cm³/mol. The van der Waals surface area contributed by atoms with Gasteiger partial charge in [0.25, 0.3) is 0 Å².